The van der Waals surface area contributed by atoms with Crippen LogP contribution < -0.4 is 15.4 Å². The SMILES string of the molecule is COc1cccc(C(=O)Nc2ccc(Nc3cccc(C)c3C)nc2)c1. The number of methoxy groups -OCH3 is 1. The Morgan fingerprint density at radius 1 is 1.04 bits per heavy atom. The zero-order valence-electron chi connectivity index (χ0n) is 15.0. The van der Waals surface area contributed by atoms with Gasteiger partial charge in [-0.2, -0.15) is 0 Å². The summed E-state index contributed by atoms with van der Waals surface area (Å²) in [5.41, 5.74) is 4.58. The fourth-order valence-corrected chi connectivity index (χ4v) is 2.53. The van der Waals surface area contributed by atoms with Crippen LogP contribution in [0.1, 0.15) is 21.5 Å². The molecule has 0 fully saturated rings. The Balaban J connectivity index is 1.69. The number of nitrogens with one attached hydrogen (secondary N) is 2. The highest BCUT2D eigenvalue weighted by Crippen LogP contribution is 2.22. The topological polar surface area (TPSA) is 63.2 Å². The number of carbonyl (C=O) groups excluding carboxylic acids is 1. The molecule has 0 atom stereocenters. The molecule has 0 radical (unpaired) electrons. The zero-order valence-corrected chi connectivity index (χ0v) is 15.0. The molecule has 3 rings (SSSR count). The van der Waals surface area contributed by atoms with Crippen LogP contribution in [0.25, 0.3) is 0 Å². The van der Waals surface area contributed by atoms with Crippen molar-refractivity contribution in [1.29, 1.82) is 0 Å². The van der Waals surface area contributed by atoms with Gasteiger partial charge in [-0.1, -0.05) is 18.2 Å². The van der Waals surface area contributed by atoms with E-state index in [9.17, 15) is 4.79 Å². The number of nitrogens with zero attached hydrogens (tertiary/aromatic N) is 1. The van der Waals surface area contributed by atoms with Gasteiger partial charge in [0.25, 0.3) is 5.91 Å². The summed E-state index contributed by atoms with van der Waals surface area (Å²) in [6, 6.07) is 16.8. The molecule has 1 aromatic heterocycles. The van der Waals surface area contributed by atoms with E-state index in [2.05, 4.69) is 35.5 Å². The highest BCUT2D eigenvalue weighted by molar-refractivity contribution is 6.04. The number of hydrogen-bond donors (Lipinski definition) is 2. The van der Waals surface area contributed by atoms with E-state index >= 15 is 0 Å². The van der Waals surface area contributed by atoms with Crippen molar-refractivity contribution in [3.63, 3.8) is 0 Å². The highest BCUT2D eigenvalue weighted by atomic mass is 16.5. The second-order valence-corrected chi connectivity index (χ2v) is 5.99. The maximum absolute atomic E-state index is 12.3. The van der Waals surface area contributed by atoms with Gasteiger partial charge in [-0.25, -0.2) is 4.98 Å². The molecule has 1 heterocycles. The van der Waals surface area contributed by atoms with Crippen LogP contribution in [0.15, 0.2) is 60.8 Å². The first kappa shape index (κ1) is 17.5. The van der Waals surface area contributed by atoms with Crippen LogP contribution in [0.5, 0.6) is 5.75 Å². The monoisotopic (exact) mass is 347 g/mol. The zero-order chi connectivity index (χ0) is 18.5. The summed E-state index contributed by atoms with van der Waals surface area (Å²) in [6.45, 7) is 4.14. The molecule has 0 unspecified atom stereocenters. The van der Waals surface area contributed by atoms with Crippen LogP contribution in [-0.2, 0) is 0 Å². The number of pyridine rings is 1. The highest BCUT2D eigenvalue weighted by Gasteiger charge is 2.08. The van der Waals surface area contributed by atoms with Crippen molar-refractivity contribution in [3.05, 3.63) is 77.5 Å². The standard InChI is InChI=1S/C21H21N3O2/c1-14-6-4-9-19(15(14)2)24-20-11-10-17(13-22-20)23-21(25)16-7-5-8-18(12-16)26-3/h4-13H,1-3H3,(H,22,24)(H,23,25). The van der Waals surface area contributed by atoms with Crippen molar-refractivity contribution in [2.75, 3.05) is 17.7 Å². The van der Waals surface area contributed by atoms with Crippen LogP contribution >= 0.6 is 0 Å². The van der Waals surface area contributed by atoms with Crippen molar-refractivity contribution in [1.82, 2.24) is 4.98 Å². The Hall–Kier alpha value is -3.34. The summed E-state index contributed by atoms with van der Waals surface area (Å²) >= 11 is 0. The lowest BCUT2D eigenvalue weighted by Gasteiger charge is -2.11. The second kappa shape index (κ2) is 7.70. The Morgan fingerprint density at radius 2 is 1.85 bits per heavy atom. The number of carbonyl (C=O) groups is 1. The largest absolute Gasteiger partial charge is 0.497 e. The third-order valence-electron chi connectivity index (χ3n) is 4.22. The Kier molecular flexibility index (Phi) is 5.17. The summed E-state index contributed by atoms with van der Waals surface area (Å²) < 4.78 is 5.14. The smallest absolute Gasteiger partial charge is 0.255 e. The minimum absolute atomic E-state index is 0.207. The quantitative estimate of drug-likeness (QED) is 0.702. The number of benzene rings is 2. The first-order valence-corrected chi connectivity index (χ1v) is 8.31. The first-order valence-electron chi connectivity index (χ1n) is 8.31. The molecule has 5 nitrogen and oxygen atoms in total. The molecule has 3 aromatic rings. The van der Waals surface area contributed by atoms with Gasteiger partial charge >= 0.3 is 0 Å². The third kappa shape index (κ3) is 4.00. The fourth-order valence-electron chi connectivity index (χ4n) is 2.53. The lowest BCUT2D eigenvalue weighted by Crippen LogP contribution is -2.12. The van der Waals surface area contributed by atoms with E-state index in [0.29, 0.717) is 17.0 Å². The number of amides is 1. The third-order valence-corrected chi connectivity index (χ3v) is 4.22. The van der Waals surface area contributed by atoms with Crippen molar-refractivity contribution in [2.45, 2.75) is 13.8 Å². The molecule has 132 valence electrons. The first-order chi connectivity index (χ1) is 12.6. The van der Waals surface area contributed by atoms with Crippen molar-refractivity contribution in [3.8, 4) is 5.75 Å². The van der Waals surface area contributed by atoms with E-state index in [1.165, 1.54) is 11.1 Å². The minimum atomic E-state index is -0.207. The number of anilines is 3. The van der Waals surface area contributed by atoms with Gasteiger partial charge in [0.1, 0.15) is 11.6 Å². The van der Waals surface area contributed by atoms with Crippen molar-refractivity contribution >= 4 is 23.1 Å². The molecule has 0 saturated heterocycles. The number of hydrogen-bond acceptors (Lipinski definition) is 4. The predicted octanol–water partition coefficient (Wildman–Crippen LogP) is 4.70. The van der Waals surface area contributed by atoms with Crippen molar-refractivity contribution in [2.24, 2.45) is 0 Å². The molecule has 0 bridgehead atoms. The molecular weight excluding hydrogens is 326 g/mol. The van der Waals surface area contributed by atoms with Gasteiger partial charge in [-0.05, 0) is 61.4 Å². The van der Waals surface area contributed by atoms with Crippen LogP contribution in [0.3, 0.4) is 0 Å². The molecule has 1 amide bonds. The van der Waals surface area contributed by atoms with E-state index < -0.39 is 0 Å². The average Bonchev–Trinajstić information content (AvgIpc) is 2.67. The van der Waals surface area contributed by atoms with Gasteiger partial charge in [-0.15, -0.1) is 0 Å². The van der Waals surface area contributed by atoms with E-state index in [0.717, 1.165) is 11.5 Å². The molecule has 2 N–H and O–H groups in total. The molecular formula is C21H21N3O2. The van der Waals surface area contributed by atoms with Crippen LogP contribution in [0, 0.1) is 13.8 Å². The number of aryl methyl sites for hydroxylation is 1. The van der Waals surface area contributed by atoms with Crippen LogP contribution in [0.2, 0.25) is 0 Å². The number of ether oxygens (including phenoxy) is 1. The van der Waals surface area contributed by atoms with Crippen molar-refractivity contribution < 1.29 is 9.53 Å². The second-order valence-electron chi connectivity index (χ2n) is 5.99. The molecule has 5 heteroatoms. The summed E-state index contributed by atoms with van der Waals surface area (Å²) in [6.07, 6.45) is 1.63. The molecule has 26 heavy (non-hydrogen) atoms. The van der Waals surface area contributed by atoms with Gasteiger partial charge in [0.2, 0.25) is 0 Å². The summed E-state index contributed by atoms with van der Waals surface area (Å²) in [5.74, 6) is 1.16. The molecule has 0 aliphatic carbocycles. The van der Waals surface area contributed by atoms with Gasteiger partial charge in [0.15, 0.2) is 0 Å². The van der Waals surface area contributed by atoms with Gasteiger partial charge in [-0.3, -0.25) is 4.79 Å². The Bertz CT molecular complexity index is 921. The normalized spacial score (nSPS) is 10.3. The van der Waals surface area contributed by atoms with Gasteiger partial charge in [0.05, 0.1) is 19.0 Å². The molecule has 0 aliphatic rings. The molecule has 0 aliphatic heterocycles. The summed E-state index contributed by atoms with van der Waals surface area (Å²) in [4.78, 5) is 16.7. The van der Waals surface area contributed by atoms with E-state index in [-0.39, 0.29) is 5.91 Å². The summed E-state index contributed by atoms with van der Waals surface area (Å²) in [5, 5.41) is 6.14. The minimum Gasteiger partial charge on any atom is -0.497 e. The molecule has 0 spiro atoms. The van der Waals surface area contributed by atoms with E-state index in [1.807, 2.05) is 24.3 Å². The molecule has 2 aromatic carbocycles. The maximum Gasteiger partial charge on any atom is 0.255 e. The van der Waals surface area contributed by atoms with Gasteiger partial charge < -0.3 is 15.4 Å². The van der Waals surface area contributed by atoms with Crippen LogP contribution in [-0.4, -0.2) is 18.0 Å². The molecule has 0 saturated carbocycles. The van der Waals surface area contributed by atoms with E-state index in [4.69, 9.17) is 4.74 Å². The number of rotatable bonds is 5. The average molecular weight is 347 g/mol. The number of aromatic nitrogens is 1. The fraction of sp³-hybridized carbons (Fsp3) is 0.143. The predicted molar refractivity (Wildman–Crippen MR) is 104 cm³/mol. The summed E-state index contributed by atoms with van der Waals surface area (Å²) in [7, 11) is 1.57. The Labute approximate surface area is 153 Å². The van der Waals surface area contributed by atoms with Crippen LogP contribution in [0.4, 0.5) is 17.2 Å². The van der Waals surface area contributed by atoms with Gasteiger partial charge in [0, 0.05) is 11.3 Å². The lowest BCUT2D eigenvalue weighted by atomic mass is 10.1. The van der Waals surface area contributed by atoms with E-state index in [1.54, 1.807) is 37.6 Å². The maximum atomic E-state index is 12.3. The lowest BCUT2D eigenvalue weighted by molar-refractivity contribution is 0.102. The Morgan fingerprint density at radius 3 is 2.58 bits per heavy atom.